The van der Waals surface area contributed by atoms with Crippen molar-refractivity contribution in [3.8, 4) is 0 Å². The topological polar surface area (TPSA) is 17.1 Å². The Balaban J connectivity index is 1.95. The van der Waals surface area contributed by atoms with Crippen LogP contribution in [0.1, 0.15) is 11.1 Å². The summed E-state index contributed by atoms with van der Waals surface area (Å²) in [4.78, 5) is 1.00. The first-order valence-electron chi connectivity index (χ1n) is 6.04. The first-order valence-corrected chi connectivity index (χ1v) is 7.35. The maximum Gasteiger partial charge on any atom is 0.0573 e. The molecule has 90 valence electrons. The third-order valence-electron chi connectivity index (χ3n) is 3.12. The molecule has 1 atom stereocenters. The molecule has 0 N–H and O–H groups in total. The van der Waals surface area contributed by atoms with E-state index in [0.29, 0.717) is 5.75 Å². The average Bonchev–Trinajstić information content (AvgIpc) is 2.40. The monoisotopic (exact) mass is 254 g/mol. The fraction of sp³-hybridized carbons (Fsp3) is 0.125. The van der Waals surface area contributed by atoms with E-state index in [4.69, 9.17) is 0 Å². The molecule has 0 fully saturated rings. The van der Waals surface area contributed by atoms with Crippen molar-refractivity contribution in [2.75, 3.05) is 5.75 Å². The quantitative estimate of drug-likeness (QED) is 0.762. The Labute approximate surface area is 110 Å². The maximum absolute atomic E-state index is 12.2. The first kappa shape index (κ1) is 11.4. The minimum Gasteiger partial charge on any atom is -0.254 e. The lowest BCUT2D eigenvalue weighted by atomic mass is 10.0. The van der Waals surface area contributed by atoms with E-state index in [1.165, 1.54) is 16.7 Å². The van der Waals surface area contributed by atoms with Crippen molar-refractivity contribution >= 4 is 16.9 Å². The molecular formula is C16H14OS. The third-order valence-corrected chi connectivity index (χ3v) is 4.64. The molecule has 0 bridgehead atoms. The zero-order valence-corrected chi connectivity index (χ0v) is 10.8. The molecular weight excluding hydrogens is 240 g/mol. The lowest BCUT2D eigenvalue weighted by Gasteiger charge is -2.18. The van der Waals surface area contributed by atoms with Gasteiger partial charge in [0.25, 0.3) is 0 Å². The zero-order chi connectivity index (χ0) is 12.4. The predicted octanol–water partition coefficient (Wildman–Crippen LogP) is 3.43. The molecule has 1 heterocycles. The van der Waals surface area contributed by atoms with Gasteiger partial charge in [-0.3, -0.25) is 4.21 Å². The van der Waals surface area contributed by atoms with Gasteiger partial charge in [0.2, 0.25) is 0 Å². The van der Waals surface area contributed by atoms with E-state index >= 15 is 0 Å². The second-order valence-corrected chi connectivity index (χ2v) is 5.91. The van der Waals surface area contributed by atoms with Crippen LogP contribution in [-0.4, -0.2) is 9.96 Å². The van der Waals surface area contributed by atoms with Crippen molar-refractivity contribution < 1.29 is 4.21 Å². The molecule has 0 radical (unpaired) electrons. The van der Waals surface area contributed by atoms with Gasteiger partial charge in [-0.1, -0.05) is 60.2 Å². The van der Waals surface area contributed by atoms with E-state index in [1.54, 1.807) is 0 Å². The largest absolute Gasteiger partial charge is 0.254 e. The van der Waals surface area contributed by atoms with E-state index in [9.17, 15) is 4.21 Å². The van der Waals surface area contributed by atoms with Gasteiger partial charge in [0.1, 0.15) is 0 Å². The smallest absolute Gasteiger partial charge is 0.0573 e. The SMILES string of the molecule is O=S1C/C(=C/c2ccccc2)Cc2ccccc21. The van der Waals surface area contributed by atoms with Crippen molar-refractivity contribution in [2.24, 2.45) is 0 Å². The standard InChI is InChI=1S/C16H14OS/c17-18-12-14(10-13-6-2-1-3-7-13)11-15-8-4-5-9-16(15)18/h1-10H,11-12H2/b14-10+. The van der Waals surface area contributed by atoms with Gasteiger partial charge < -0.3 is 0 Å². The molecule has 1 unspecified atom stereocenters. The summed E-state index contributed by atoms with van der Waals surface area (Å²) in [7, 11) is -0.887. The number of benzene rings is 2. The van der Waals surface area contributed by atoms with Gasteiger partial charge >= 0.3 is 0 Å². The second-order valence-electron chi connectivity index (χ2n) is 4.49. The van der Waals surface area contributed by atoms with Gasteiger partial charge in [-0.2, -0.15) is 0 Å². The van der Waals surface area contributed by atoms with Crippen LogP contribution in [0.2, 0.25) is 0 Å². The fourth-order valence-electron chi connectivity index (χ4n) is 2.29. The summed E-state index contributed by atoms with van der Waals surface area (Å²) < 4.78 is 12.2. The van der Waals surface area contributed by atoms with Crippen molar-refractivity contribution in [1.82, 2.24) is 0 Å². The zero-order valence-electron chi connectivity index (χ0n) is 10.0. The summed E-state index contributed by atoms with van der Waals surface area (Å²) in [6, 6.07) is 18.3. The number of hydrogen-bond donors (Lipinski definition) is 0. The van der Waals surface area contributed by atoms with Crippen molar-refractivity contribution in [1.29, 1.82) is 0 Å². The van der Waals surface area contributed by atoms with Crippen LogP contribution in [0.3, 0.4) is 0 Å². The van der Waals surface area contributed by atoms with Crippen LogP contribution in [0.5, 0.6) is 0 Å². The lowest BCUT2D eigenvalue weighted by Crippen LogP contribution is -2.12. The van der Waals surface area contributed by atoms with Gasteiger partial charge in [0.05, 0.1) is 10.8 Å². The van der Waals surface area contributed by atoms with Crippen LogP contribution in [0, 0.1) is 0 Å². The molecule has 1 aliphatic heterocycles. The van der Waals surface area contributed by atoms with Gasteiger partial charge in [-0.25, -0.2) is 0 Å². The van der Waals surface area contributed by atoms with Gasteiger partial charge in [-0.05, 0) is 23.6 Å². The third kappa shape index (κ3) is 2.29. The summed E-state index contributed by atoms with van der Waals surface area (Å²) in [6.45, 7) is 0. The number of hydrogen-bond acceptors (Lipinski definition) is 1. The molecule has 1 aliphatic rings. The summed E-state index contributed by atoms with van der Waals surface area (Å²) in [6.07, 6.45) is 3.07. The highest BCUT2D eigenvalue weighted by atomic mass is 32.2. The second kappa shape index (κ2) is 4.91. The van der Waals surface area contributed by atoms with E-state index in [2.05, 4.69) is 24.3 Å². The summed E-state index contributed by atoms with van der Waals surface area (Å²) in [5, 5.41) is 0. The van der Waals surface area contributed by atoms with Crippen LogP contribution < -0.4 is 0 Å². The van der Waals surface area contributed by atoms with Crippen LogP contribution in [0.4, 0.5) is 0 Å². The van der Waals surface area contributed by atoms with E-state index in [1.807, 2.05) is 36.4 Å². The fourth-order valence-corrected chi connectivity index (χ4v) is 3.63. The molecule has 2 aromatic rings. The van der Waals surface area contributed by atoms with Crippen LogP contribution in [-0.2, 0) is 17.2 Å². The Kier molecular flexibility index (Phi) is 3.11. The molecule has 0 saturated carbocycles. The Morgan fingerprint density at radius 3 is 2.50 bits per heavy atom. The molecule has 3 rings (SSSR count). The molecule has 0 aliphatic carbocycles. The van der Waals surface area contributed by atoms with E-state index in [-0.39, 0.29) is 0 Å². The Hall–Kier alpha value is -1.67. The molecule has 0 amide bonds. The van der Waals surface area contributed by atoms with Gasteiger partial charge in [-0.15, -0.1) is 0 Å². The Morgan fingerprint density at radius 1 is 0.944 bits per heavy atom. The summed E-state index contributed by atoms with van der Waals surface area (Å²) in [5.74, 6) is 0.659. The Bertz CT molecular complexity index is 614. The minimum absolute atomic E-state index is 0.659. The highest BCUT2D eigenvalue weighted by Gasteiger charge is 2.18. The molecule has 0 spiro atoms. The average molecular weight is 254 g/mol. The molecule has 18 heavy (non-hydrogen) atoms. The predicted molar refractivity (Wildman–Crippen MR) is 75.8 cm³/mol. The van der Waals surface area contributed by atoms with Crippen molar-refractivity contribution in [3.63, 3.8) is 0 Å². The number of fused-ring (bicyclic) bond motifs is 1. The summed E-state index contributed by atoms with van der Waals surface area (Å²) in [5.41, 5.74) is 3.63. The van der Waals surface area contributed by atoms with Crippen molar-refractivity contribution in [3.05, 3.63) is 71.3 Å². The highest BCUT2D eigenvalue weighted by molar-refractivity contribution is 7.85. The van der Waals surface area contributed by atoms with E-state index in [0.717, 1.165) is 11.3 Å². The number of rotatable bonds is 1. The molecule has 0 saturated heterocycles. The highest BCUT2D eigenvalue weighted by Crippen LogP contribution is 2.26. The summed E-state index contributed by atoms with van der Waals surface area (Å²) >= 11 is 0. The van der Waals surface area contributed by atoms with Gasteiger partial charge in [0.15, 0.2) is 0 Å². The van der Waals surface area contributed by atoms with E-state index < -0.39 is 10.8 Å². The van der Waals surface area contributed by atoms with Crippen LogP contribution in [0.25, 0.3) is 6.08 Å². The van der Waals surface area contributed by atoms with Crippen molar-refractivity contribution in [2.45, 2.75) is 11.3 Å². The lowest BCUT2D eigenvalue weighted by molar-refractivity contribution is 0.681. The molecule has 2 heteroatoms. The Morgan fingerprint density at radius 2 is 1.67 bits per heavy atom. The molecule has 2 aromatic carbocycles. The maximum atomic E-state index is 12.2. The minimum atomic E-state index is -0.887. The van der Waals surface area contributed by atoms with Crippen LogP contribution >= 0.6 is 0 Å². The molecule has 0 aromatic heterocycles. The van der Waals surface area contributed by atoms with Crippen LogP contribution in [0.15, 0.2) is 65.1 Å². The van der Waals surface area contributed by atoms with Gasteiger partial charge in [0, 0.05) is 10.6 Å². The normalized spacial score (nSPS) is 20.7. The first-order chi connectivity index (χ1) is 8.83. The molecule has 1 nitrogen and oxygen atoms in total.